The Morgan fingerprint density at radius 2 is 0.871 bits per heavy atom. The van der Waals surface area contributed by atoms with E-state index in [9.17, 15) is 10.2 Å². The number of phenols is 2. The smallest absolute Gasteiger partial charge is 0.167 e. The number of aryl methyl sites for hydroxylation is 4. The number of phenolic OH excluding ortho intramolecular Hbond substituents is 2. The minimum Gasteiger partial charge on any atom is -0.507 e. The Balaban J connectivity index is 1.37. The Kier molecular flexibility index (Phi) is 12.0. The molecule has 62 heavy (non-hydrogen) atoms. The van der Waals surface area contributed by atoms with Crippen molar-refractivity contribution in [2.24, 2.45) is 0 Å². The van der Waals surface area contributed by atoms with Crippen LogP contribution < -0.4 is 9.47 Å². The first-order valence-corrected chi connectivity index (χ1v) is 21.3. The lowest BCUT2D eigenvalue weighted by Crippen LogP contribution is -2.14. The normalized spacial score (nSPS) is 11.8. The minimum absolute atomic E-state index is 0.216. The number of nitrogens with zero attached hydrogens (tertiary/aromatic N) is 3. The third-order valence-electron chi connectivity index (χ3n) is 12.0. The average Bonchev–Trinajstić information content (AvgIpc) is 3.23. The molecule has 6 aromatic carbocycles. The lowest BCUT2D eigenvalue weighted by atomic mass is 9.83. The van der Waals surface area contributed by atoms with Crippen LogP contribution in [0.5, 0.6) is 23.0 Å². The summed E-state index contributed by atoms with van der Waals surface area (Å²) in [6, 6.07) is 32.9. The molecule has 0 amide bonds. The molecule has 0 saturated carbocycles. The molecule has 7 aromatic rings. The quantitative estimate of drug-likeness (QED) is 0.142. The maximum atomic E-state index is 11.3. The van der Waals surface area contributed by atoms with Crippen molar-refractivity contribution >= 4 is 0 Å². The highest BCUT2D eigenvalue weighted by Crippen LogP contribution is 2.44. The van der Waals surface area contributed by atoms with Crippen molar-refractivity contribution in [2.75, 3.05) is 0 Å². The van der Waals surface area contributed by atoms with Crippen molar-refractivity contribution in [3.8, 4) is 68.0 Å². The van der Waals surface area contributed by atoms with Gasteiger partial charge in [-0.25, -0.2) is 15.0 Å². The highest BCUT2D eigenvalue weighted by molar-refractivity contribution is 5.88. The van der Waals surface area contributed by atoms with E-state index in [2.05, 4.69) is 142 Å². The average molecular weight is 826 g/mol. The lowest BCUT2D eigenvalue weighted by molar-refractivity contribution is 0.304. The summed E-state index contributed by atoms with van der Waals surface area (Å²) < 4.78 is 13.5. The van der Waals surface area contributed by atoms with Gasteiger partial charge in [0.25, 0.3) is 0 Å². The molecule has 7 nitrogen and oxygen atoms in total. The fourth-order valence-electron chi connectivity index (χ4n) is 8.16. The second-order valence-corrected chi connectivity index (χ2v) is 18.7. The van der Waals surface area contributed by atoms with Gasteiger partial charge in [-0.2, -0.15) is 0 Å². The monoisotopic (exact) mass is 825 g/mol. The minimum atomic E-state index is -0.216. The number of hydrogen-bond acceptors (Lipinski definition) is 7. The molecule has 7 heteroatoms. The van der Waals surface area contributed by atoms with Gasteiger partial charge in [0.2, 0.25) is 0 Å². The number of ether oxygens (including phenoxy) is 2. The van der Waals surface area contributed by atoms with E-state index in [1.807, 2.05) is 38.1 Å². The van der Waals surface area contributed by atoms with Crippen LogP contribution in [-0.2, 0) is 24.0 Å². The molecule has 1 heterocycles. The lowest BCUT2D eigenvalue weighted by Gasteiger charge is -2.25. The van der Waals surface area contributed by atoms with E-state index in [0.29, 0.717) is 34.6 Å². The molecule has 0 unspecified atom stereocenters. The molecule has 0 aliphatic heterocycles. The second kappa shape index (κ2) is 17.1. The maximum absolute atomic E-state index is 11.3. The Bertz CT molecular complexity index is 2590. The Hall–Kier alpha value is -6.47. The maximum Gasteiger partial charge on any atom is 0.167 e. The van der Waals surface area contributed by atoms with E-state index in [1.54, 1.807) is 6.33 Å². The van der Waals surface area contributed by atoms with Crippen molar-refractivity contribution in [3.63, 3.8) is 0 Å². The summed E-state index contributed by atoms with van der Waals surface area (Å²) in [5, 5.41) is 22.7. The van der Waals surface area contributed by atoms with Gasteiger partial charge >= 0.3 is 0 Å². The summed E-state index contributed by atoms with van der Waals surface area (Å²) in [5.41, 5.74) is 14.5. The van der Waals surface area contributed by atoms with Crippen LogP contribution in [0.1, 0.15) is 97.2 Å². The van der Waals surface area contributed by atoms with Gasteiger partial charge in [-0.05, 0) is 131 Å². The van der Waals surface area contributed by atoms with Gasteiger partial charge in [0, 0.05) is 0 Å². The van der Waals surface area contributed by atoms with Gasteiger partial charge in [0.1, 0.15) is 42.5 Å². The zero-order chi connectivity index (χ0) is 44.7. The van der Waals surface area contributed by atoms with Gasteiger partial charge in [0.15, 0.2) is 11.6 Å². The predicted molar refractivity (Wildman–Crippen MR) is 252 cm³/mol. The zero-order valence-corrected chi connectivity index (χ0v) is 38.3. The molecule has 7 rings (SSSR count). The summed E-state index contributed by atoms with van der Waals surface area (Å²) in [4.78, 5) is 14.9. The standard InChI is InChI=1S/C55H59N3O4/c1-32-19-23-38(24-20-32)40-15-13-17-46(61-29-42-34(3)27-44(54(7,8)9)50(59)36(42)5)48(40)52-56-31-57-53(58-52)49-41(39-25-21-33(2)22-26-39)16-14-18-47(49)62-30-43-35(4)28-45(55(10,11)12)51(60)37(43)6/h13-28,31,59-60H,29-30H2,1-12H3. The van der Waals surface area contributed by atoms with E-state index in [0.717, 1.165) is 89.0 Å². The van der Waals surface area contributed by atoms with E-state index in [4.69, 9.17) is 24.4 Å². The highest BCUT2D eigenvalue weighted by Gasteiger charge is 2.26. The van der Waals surface area contributed by atoms with Crippen LogP contribution in [0, 0.1) is 41.5 Å². The Labute approximate surface area is 367 Å². The molecule has 0 saturated heterocycles. The molecule has 0 bridgehead atoms. The number of rotatable bonds is 10. The fourth-order valence-corrected chi connectivity index (χ4v) is 8.16. The summed E-state index contributed by atoms with van der Waals surface area (Å²) in [5.74, 6) is 2.69. The predicted octanol–water partition coefficient (Wildman–Crippen LogP) is 13.6. The molecule has 0 fully saturated rings. The molecule has 2 N–H and O–H groups in total. The van der Waals surface area contributed by atoms with Crippen molar-refractivity contribution < 1.29 is 19.7 Å². The third kappa shape index (κ3) is 8.80. The summed E-state index contributed by atoms with van der Waals surface area (Å²) in [6.45, 7) is 25.3. The van der Waals surface area contributed by atoms with Gasteiger partial charge in [-0.1, -0.05) is 138 Å². The second-order valence-electron chi connectivity index (χ2n) is 18.7. The van der Waals surface area contributed by atoms with Crippen LogP contribution in [0.25, 0.3) is 45.0 Å². The fraction of sp³-hybridized carbons (Fsp3) is 0.291. The Morgan fingerprint density at radius 1 is 0.500 bits per heavy atom. The van der Waals surface area contributed by atoms with Crippen molar-refractivity contribution in [1.82, 2.24) is 15.0 Å². The highest BCUT2D eigenvalue weighted by atomic mass is 16.5. The number of benzene rings is 6. The molecule has 318 valence electrons. The molecular formula is C55H59N3O4. The van der Waals surface area contributed by atoms with E-state index in [1.165, 1.54) is 0 Å². The first-order valence-electron chi connectivity index (χ1n) is 21.3. The van der Waals surface area contributed by atoms with Crippen molar-refractivity contribution in [3.05, 3.63) is 159 Å². The number of hydrogen-bond donors (Lipinski definition) is 2. The van der Waals surface area contributed by atoms with Crippen LogP contribution >= 0.6 is 0 Å². The first kappa shape index (κ1) is 43.6. The van der Waals surface area contributed by atoms with Crippen molar-refractivity contribution in [1.29, 1.82) is 0 Å². The summed E-state index contributed by atoms with van der Waals surface area (Å²) >= 11 is 0. The number of aromatic nitrogens is 3. The van der Waals surface area contributed by atoms with Gasteiger partial charge in [-0.3, -0.25) is 0 Å². The molecular weight excluding hydrogens is 767 g/mol. The number of aromatic hydroxyl groups is 2. The third-order valence-corrected chi connectivity index (χ3v) is 12.0. The Morgan fingerprint density at radius 3 is 1.23 bits per heavy atom. The van der Waals surface area contributed by atoms with E-state index < -0.39 is 0 Å². The van der Waals surface area contributed by atoms with Gasteiger partial charge in [0.05, 0.1) is 11.1 Å². The van der Waals surface area contributed by atoms with E-state index in [-0.39, 0.29) is 24.0 Å². The SMILES string of the molecule is Cc1ccc(-c2cccc(OCc3c(C)cc(C(C)(C)C)c(O)c3C)c2-c2ncnc(-c3c(OCc4c(C)cc(C(C)(C)C)c(O)c4C)cccc3-c3ccc(C)cc3)n2)cc1. The van der Waals surface area contributed by atoms with E-state index >= 15 is 0 Å². The summed E-state index contributed by atoms with van der Waals surface area (Å²) in [7, 11) is 0. The molecule has 0 radical (unpaired) electrons. The van der Waals surface area contributed by atoms with Crippen molar-refractivity contribution in [2.45, 2.75) is 107 Å². The molecule has 0 aliphatic rings. The molecule has 0 atom stereocenters. The molecule has 0 spiro atoms. The van der Waals surface area contributed by atoms with Gasteiger partial charge < -0.3 is 19.7 Å². The summed E-state index contributed by atoms with van der Waals surface area (Å²) in [6.07, 6.45) is 1.55. The van der Waals surface area contributed by atoms with Crippen LogP contribution in [0.4, 0.5) is 0 Å². The largest absolute Gasteiger partial charge is 0.507 e. The zero-order valence-electron chi connectivity index (χ0n) is 38.3. The first-order chi connectivity index (χ1) is 29.3. The van der Waals surface area contributed by atoms with Crippen LogP contribution in [0.2, 0.25) is 0 Å². The molecule has 0 aliphatic carbocycles. The van der Waals surface area contributed by atoms with Crippen LogP contribution in [0.3, 0.4) is 0 Å². The topological polar surface area (TPSA) is 97.6 Å². The van der Waals surface area contributed by atoms with Crippen LogP contribution in [-0.4, -0.2) is 25.2 Å². The molecule has 1 aromatic heterocycles. The van der Waals surface area contributed by atoms with Gasteiger partial charge in [-0.15, -0.1) is 0 Å². The van der Waals surface area contributed by atoms with Crippen LogP contribution in [0.15, 0.2) is 103 Å².